The molecule has 2 aromatic carbocycles. The molecular weight excluding hydrogens is 396 g/mol. The van der Waals surface area contributed by atoms with Crippen LogP contribution < -0.4 is 14.8 Å². The van der Waals surface area contributed by atoms with E-state index >= 15 is 0 Å². The largest absolute Gasteiger partial charge is 0.493 e. The van der Waals surface area contributed by atoms with E-state index in [2.05, 4.69) is 36.4 Å². The molecule has 0 aliphatic heterocycles. The van der Waals surface area contributed by atoms with Crippen molar-refractivity contribution in [3.63, 3.8) is 0 Å². The molecule has 1 aromatic heterocycles. The minimum atomic E-state index is 0.583. The van der Waals surface area contributed by atoms with Gasteiger partial charge in [-0.3, -0.25) is 5.10 Å². The number of hydrogen-bond acceptors (Lipinski definition) is 5. The predicted octanol–water partition coefficient (Wildman–Crippen LogP) is 4.56. The molecule has 3 aromatic rings. The topological polar surface area (TPSA) is 72.1 Å². The van der Waals surface area contributed by atoms with Crippen LogP contribution in [0.5, 0.6) is 11.5 Å². The van der Waals surface area contributed by atoms with Gasteiger partial charge in [0.05, 0.1) is 18.2 Å². The summed E-state index contributed by atoms with van der Waals surface area (Å²) < 4.78 is 12.0. The zero-order valence-corrected chi connectivity index (χ0v) is 16.6. The number of methoxy groups -OCH3 is 1. The summed E-state index contributed by atoms with van der Waals surface area (Å²) in [7, 11) is 1.64. The van der Waals surface area contributed by atoms with Crippen LogP contribution in [0.1, 0.15) is 18.3 Å². The average Bonchev–Trinajstić information content (AvgIpc) is 3.08. The zero-order valence-electron chi connectivity index (χ0n) is 15.0. The van der Waals surface area contributed by atoms with Gasteiger partial charge in [-0.1, -0.05) is 12.1 Å². The van der Waals surface area contributed by atoms with Crippen LogP contribution in [0.15, 0.2) is 40.9 Å². The lowest BCUT2D eigenvalue weighted by Gasteiger charge is -2.14. The number of benzene rings is 2. The Morgan fingerprint density at radius 1 is 1.23 bits per heavy atom. The van der Waals surface area contributed by atoms with Gasteiger partial charge in [0.2, 0.25) is 0 Å². The lowest BCUT2D eigenvalue weighted by Crippen LogP contribution is -2.02. The second-order valence-electron chi connectivity index (χ2n) is 5.72. The summed E-state index contributed by atoms with van der Waals surface area (Å²) >= 11 is 3.56. The molecule has 0 unspecified atom stereocenters. The maximum Gasteiger partial charge on any atom is 0.181 e. The highest BCUT2D eigenvalue weighted by Crippen LogP contribution is 2.36. The monoisotopic (exact) mass is 416 g/mol. The molecule has 0 saturated heterocycles. The third-order valence-electron chi connectivity index (χ3n) is 3.79. The molecule has 7 heteroatoms. The Morgan fingerprint density at radius 3 is 2.77 bits per heavy atom. The van der Waals surface area contributed by atoms with Crippen LogP contribution in [0.3, 0.4) is 0 Å². The van der Waals surface area contributed by atoms with E-state index in [1.165, 1.54) is 0 Å². The normalized spacial score (nSPS) is 10.6. The lowest BCUT2D eigenvalue weighted by molar-refractivity contribution is 0.308. The molecule has 6 nitrogen and oxygen atoms in total. The van der Waals surface area contributed by atoms with Gasteiger partial charge in [-0.2, -0.15) is 5.10 Å². The van der Waals surface area contributed by atoms with Crippen molar-refractivity contribution in [3.8, 4) is 22.9 Å². The van der Waals surface area contributed by atoms with Crippen molar-refractivity contribution in [2.75, 3.05) is 19.0 Å². The number of anilines is 1. The fourth-order valence-electron chi connectivity index (χ4n) is 2.60. The third-order valence-corrected chi connectivity index (χ3v) is 4.38. The van der Waals surface area contributed by atoms with Crippen molar-refractivity contribution in [3.05, 3.63) is 52.3 Å². The van der Waals surface area contributed by atoms with Crippen molar-refractivity contribution in [1.82, 2.24) is 15.2 Å². The average molecular weight is 417 g/mol. The molecule has 3 rings (SSSR count). The van der Waals surface area contributed by atoms with Crippen molar-refractivity contribution < 1.29 is 9.47 Å². The molecule has 136 valence electrons. The molecular formula is C19H21BrN4O2. The molecule has 0 bridgehead atoms. The molecule has 0 atom stereocenters. The van der Waals surface area contributed by atoms with E-state index in [0.29, 0.717) is 24.7 Å². The number of aromatic nitrogens is 3. The van der Waals surface area contributed by atoms with E-state index in [1.807, 2.05) is 50.2 Å². The fourth-order valence-corrected chi connectivity index (χ4v) is 3.21. The first kappa shape index (κ1) is 18.3. The summed E-state index contributed by atoms with van der Waals surface area (Å²) in [4.78, 5) is 4.37. The molecule has 0 amide bonds. The van der Waals surface area contributed by atoms with Crippen LogP contribution in [0, 0.1) is 6.92 Å². The van der Waals surface area contributed by atoms with Crippen molar-refractivity contribution in [2.45, 2.75) is 20.4 Å². The summed E-state index contributed by atoms with van der Waals surface area (Å²) in [6, 6.07) is 12.0. The first-order valence-electron chi connectivity index (χ1n) is 8.33. The molecule has 2 N–H and O–H groups in total. The van der Waals surface area contributed by atoms with Gasteiger partial charge in [-0.05, 0) is 59.6 Å². The number of rotatable bonds is 7. The van der Waals surface area contributed by atoms with E-state index < -0.39 is 0 Å². The van der Waals surface area contributed by atoms with Gasteiger partial charge >= 0.3 is 0 Å². The van der Waals surface area contributed by atoms with Crippen LogP contribution in [0.4, 0.5) is 5.69 Å². The minimum absolute atomic E-state index is 0.583. The molecule has 26 heavy (non-hydrogen) atoms. The van der Waals surface area contributed by atoms with E-state index in [-0.39, 0.29) is 0 Å². The first-order chi connectivity index (χ1) is 12.6. The van der Waals surface area contributed by atoms with Crippen LogP contribution in [0.2, 0.25) is 0 Å². The molecule has 0 radical (unpaired) electrons. The van der Waals surface area contributed by atoms with Gasteiger partial charge in [-0.25, -0.2) is 4.98 Å². The molecule has 0 aliphatic rings. The SMILES string of the molecule is CCOc1c(Br)cc(CNc2cccc(-c3n[nH]c(C)n3)c2)cc1OC. The second kappa shape index (κ2) is 8.23. The second-order valence-corrected chi connectivity index (χ2v) is 6.58. The van der Waals surface area contributed by atoms with Crippen molar-refractivity contribution in [2.24, 2.45) is 0 Å². The van der Waals surface area contributed by atoms with Gasteiger partial charge in [0.1, 0.15) is 5.82 Å². The molecule has 0 fully saturated rings. The number of H-pyrrole nitrogens is 1. The Kier molecular flexibility index (Phi) is 5.78. The Labute approximate surface area is 161 Å². The standard InChI is InChI=1S/C19H21BrN4O2/c1-4-26-18-16(20)8-13(9-17(18)25-3)11-21-15-7-5-6-14(10-15)19-22-12(2)23-24-19/h5-10,21H,4,11H2,1-3H3,(H,22,23,24). The van der Waals surface area contributed by atoms with Crippen LogP contribution in [-0.4, -0.2) is 28.9 Å². The van der Waals surface area contributed by atoms with E-state index in [4.69, 9.17) is 9.47 Å². The smallest absolute Gasteiger partial charge is 0.181 e. The van der Waals surface area contributed by atoms with Gasteiger partial charge in [0.15, 0.2) is 17.3 Å². The number of nitrogens with zero attached hydrogens (tertiary/aromatic N) is 2. The Balaban J connectivity index is 1.76. The van der Waals surface area contributed by atoms with Crippen molar-refractivity contribution >= 4 is 21.6 Å². The Hall–Kier alpha value is -2.54. The summed E-state index contributed by atoms with van der Waals surface area (Å²) in [5.41, 5.74) is 3.04. The number of nitrogens with one attached hydrogen (secondary N) is 2. The maximum absolute atomic E-state index is 5.63. The minimum Gasteiger partial charge on any atom is -0.493 e. The number of aromatic amines is 1. The number of halogens is 1. The highest BCUT2D eigenvalue weighted by atomic mass is 79.9. The van der Waals surface area contributed by atoms with Gasteiger partial charge in [0.25, 0.3) is 0 Å². The van der Waals surface area contributed by atoms with E-state index in [0.717, 1.165) is 32.9 Å². The Morgan fingerprint density at radius 2 is 2.08 bits per heavy atom. The zero-order chi connectivity index (χ0) is 18.5. The quantitative estimate of drug-likeness (QED) is 0.590. The first-order valence-corrected chi connectivity index (χ1v) is 9.12. The summed E-state index contributed by atoms with van der Waals surface area (Å²) in [5.74, 6) is 2.92. The third kappa shape index (κ3) is 4.16. The number of ether oxygens (including phenoxy) is 2. The summed E-state index contributed by atoms with van der Waals surface area (Å²) in [5, 5.41) is 10.5. The van der Waals surface area contributed by atoms with Crippen LogP contribution >= 0.6 is 15.9 Å². The lowest BCUT2D eigenvalue weighted by atomic mass is 10.1. The van der Waals surface area contributed by atoms with E-state index in [1.54, 1.807) is 7.11 Å². The Bertz CT molecular complexity index is 895. The van der Waals surface area contributed by atoms with Crippen molar-refractivity contribution in [1.29, 1.82) is 0 Å². The fraction of sp³-hybridized carbons (Fsp3) is 0.263. The molecule has 0 spiro atoms. The highest BCUT2D eigenvalue weighted by Gasteiger charge is 2.11. The van der Waals surface area contributed by atoms with E-state index in [9.17, 15) is 0 Å². The van der Waals surface area contributed by atoms with Gasteiger partial charge in [-0.15, -0.1) is 0 Å². The molecule has 0 saturated carbocycles. The highest BCUT2D eigenvalue weighted by molar-refractivity contribution is 9.10. The van der Waals surface area contributed by atoms with Gasteiger partial charge in [0, 0.05) is 17.8 Å². The molecule has 0 aliphatic carbocycles. The molecule has 1 heterocycles. The maximum atomic E-state index is 5.63. The van der Waals surface area contributed by atoms with Gasteiger partial charge < -0.3 is 14.8 Å². The predicted molar refractivity (Wildman–Crippen MR) is 106 cm³/mol. The number of hydrogen-bond donors (Lipinski definition) is 2. The van der Waals surface area contributed by atoms with Crippen LogP contribution in [-0.2, 0) is 6.54 Å². The number of aryl methyl sites for hydroxylation is 1. The van der Waals surface area contributed by atoms with Crippen LogP contribution in [0.25, 0.3) is 11.4 Å². The summed E-state index contributed by atoms with van der Waals surface area (Å²) in [6.07, 6.45) is 0. The summed E-state index contributed by atoms with van der Waals surface area (Å²) in [6.45, 7) is 5.07.